The predicted molar refractivity (Wildman–Crippen MR) is 70.9 cm³/mol. The fourth-order valence-electron chi connectivity index (χ4n) is 2.00. The Hall–Kier alpha value is -0.500. The third-order valence-corrected chi connectivity index (χ3v) is 3.90. The summed E-state index contributed by atoms with van der Waals surface area (Å²) < 4.78 is 14.9. The summed E-state index contributed by atoms with van der Waals surface area (Å²) in [5.74, 6) is 0.723. The second-order valence-electron chi connectivity index (χ2n) is 4.36. The fraction of sp³-hybridized carbons (Fsp3) is 0.900. The van der Waals surface area contributed by atoms with Gasteiger partial charge in [-0.25, -0.2) is 0 Å². The monoisotopic (exact) mass is 292 g/mol. The molecule has 0 aromatic carbocycles. The molecular weight excluding hydrogens is 271 g/mol. The molecule has 0 saturated carbocycles. The Labute approximate surface area is 114 Å². The molecule has 2 saturated heterocycles. The number of hydroxylamine groups is 1. The largest absolute Gasteiger partial charge is 0.378 e. The van der Waals surface area contributed by atoms with Crippen molar-refractivity contribution in [3.05, 3.63) is 0 Å². The van der Waals surface area contributed by atoms with Crippen LogP contribution < -0.4 is 0 Å². The average Bonchev–Trinajstić information content (AvgIpc) is 2.46. The summed E-state index contributed by atoms with van der Waals surface area (Å²) >= 11 is 0. The van der Waals surface area contributed by atoms with E-state index in [1.807, 2.05) is 0 Å². The Bertz CT molecular complexity index is 286. The molecule has 2 N–H and O–H groups in total. The second kappa shape index (κ2) is 7.33. The smallest absolute Gasteiger partial charge is 0.263 e. The Kier molecular flexibility index (Phi) is 5.75. The van der Waals surface area contributed by atoms with Gasteiger partial charge in [-0.05, 0) is 0 Å². The van der Waals surface area contributed by atoms with Gasteiger partial charge in [-0.1, -0.05) is 0 Å². The van der Waals surface area contributed by atoms with Gasteiger partial charge in [-0.2, -0.15) is 4.76 Å². The van der Waals surface area contributed by atoms with Gasteiger partial charge in [0.1, 0.15) is 0 Å². The van der Waals surface area contributed by atoms with E-state index < -0.39 is 8.45 Å². The molecule has 0 radical (unpaired) electrons. The lowest BCUT2D eigenvalue weighted by Crippen LogP contribution is -2.52. The van der Waals surface area contributed by atoms with Gasteiger partial charge in [0.05, 0.1) is 26.4 Å². The summed E-state index contributed by atoms with van der Waals surface area (Å²) in [4.78, 5) is 14.7. The van der Waals surface area contributed by atoms with Gasteiger partial charge in [0.2, 0.25) is 5.96 Å². The van der Waals surface area contributed by atoms with Gasteiger partial charge in [0, 0.05) is 33.2 Å². The van der Waals surface area contributed by atoms with E-state index in [4.69, 9.17) is 9.47 Å². The minimum atomic E-state index is -1.92. The summed E-state index contributed by atoms with van der Waals surface area (Å²) in [6, 6.07) is 0. The van der Waals surface area contributed by atoms with Crippen LogP contribution in [0.2, 0.25) is 0 Å². The molecule has 0 aromatic rings. The van der Waals surface area contributed by atoms with Crippen LogP contribution in [0.5, 0.6) is 0 Å². The standard InChI is InChI=1S/C10H21N4O4P/c1-12(15)19(16)11-10(13-2-6-17-7-3-13)14-4-8-18-9-5-14/h15-16H,2-9H2,1H3. The molecule has 2 heterocycles. The molecule has 2 rings (SSSR count). The molecule has 0 bridgehead atoms. The highest BCUT2D eigenvalue weighted by Crippen LogP contribution is 2.34. The van der Waals surface area contributed by atoms with Gasteiger partial charge < -0.3 is 29.4 Å². The first-order chi connectivity index (χ1) is 9.18. The summed E-state index contributed by atoms with van der Waals surface area (Å²) in [5.41, 5.74) is 0. The van der Waals surface area contributed by atoms with Gasteiger partial charge in [0.15, 0.2) is 0 Å². The first-order valence-corrected chi connectivity index (χ1v) is 7.54. The number of hydrogen-bond acceptors (Lipinski definition) is 6. The summed E-state index contributed by atoms with van der Waals surface area (Å²) in [6.45, 7) is 5.60. The van der Waals surface area contributed by atoms with E-state index in [1.165, 1.54) is 7.05 Å². The SMILES string of the molecule is CN(O)P(O)N=C(N1CCOCC1)N1CCOCC1. The molecule has 0 amide bonds. The van der Waals surface area contributed by atoms with E-state index in [9.17, 15) is 10.1 Å². The molecule has 0 aliphatic carbocycles. The van der Waals surface area contributed by atoms with Crippen LogP contribution in [0, 0.1) is 0 Å². The highest BCUT2D eigenvalue weighted by atomic mass is 31.2. The first kappa shape index (κ1) is 14.9. The maximum Gasteiger partial charge on any atom is 0.263 e. The third kappa shape index (κ3) is 4.24. The van der Waals surface area contributed by atoms with Crippen molar-refractivity contribution in [3.63, 3.8) is 0 Å². The van der Waals surface area contributed by atoms with Crippen LogP contribution in [0.25, 0.3) is 0 Å². The van der Waals surface area contributed by atoms with Crippen molar-refractivity contribution >= 4 is 14.4 Å². The molecule has 0 spiro atoms. The van der Waals surface area contributed by atoms with Crippen molar-refractivity contribution in [2.24, 2.45) is 4.76 Å². The van der Waals surface area contributed by atoms with Gasteiger partial charge in [0.25, 0.3) is 8.45 Å². The normalized spacial score (nSPS) is 22.5. The van der Waals surface area contributed by atoms with Crippen molar-refractivity contribution in [2.45, 2.75) is 0 Å². The molecule has 2 fully saturated rings. The maximum absolute atomic E-state index is 9.80. The lowest BCUT2D eigenvalue weighted by molar-refractivity contribution is 0.0257. The highest BCUT2D eigenvalue weighted by Gasteiger charge is 2.24. The minimum absolute atomic E-state index is 0.654. The van der Waals surface area contributed by atoms with E-state index in [1.54, 1.807) is 0 Å². The Morgan fingerprint density at radius 1 is 1.05 bits per heavy atom. The number of morpholine rings is 2. The van der Waals surface area contributed by atoms with Crippen molar-refractivity contribution in [1.29, 1.82) is 0 Å². The van der Waals surface area contributed by atoms with Gasteiger partial charge in [-0.15, -0.1) is 4.83 Å². The zero-order valence-electron chi connectivity index (χ0n) is 11.1. The molecule has 2 aliphatic heterocycles. The van der Waals surface area contributed by atoms with E-state index in [0.717, 1.165) is 37.0 Å². The van der Waals surface area contributed by atoms with Crippen LogP contribution >= 0.6 is 8.45 Å². The molecule has 9 heteroatoms. The molecule has 2 aliphatic rings. The minimum Gasteiger partial charge on any atom is -0.378 e. The Morgan fingerprint density at radius 3 is 1.84 bits per heavy atom. The van der Waals surface area contributed by atoms with Crippen molar-refractivity contribution in [3.8, 4) is 0 Å². The van der Waals surface area contributed by atoms with Crippen LogP contribution in [0.1, 0.15) is 0 Å². The Morgan fingerprint density at radius 2 is 1.47 bits per heavy atom. The van der Waals surface area contributed by atoms with E-state index in [2.05, 4.69) is 14.6 Å². The molecule has 8 nitrogen and oxygen atoms in total. The lowest BCUT2D eigenvalue weighted by Gasteiger charge is -2.38. The number of rotatable bonds is 2. The summed E-state index contributed by atoms with van der Waals surface area (Å²) in [5, 5.41) is 9.29. The van der Waals surface area contributed by atoms with Crippen LogP contribution in [0.15, 0.2) is 4.76 Å². The zero-order chi connectivity index (χ0) is 13.7. The first-order valence-electron chi connectivity index (χ1n) is 6.34. The van der Waals surface area contributed by atoms with Crippen LogP contribution in [0.3, 0.4) is 0 Å². The number of nitrogens with zero attached hydrogens (tertiary/aromatic N) is 4. The molecule has 19 heavy (non-hydrogen) atoms. The summed E-state index contributed by atoms with van der Waals surface area (Å²) in [7, 11) is -0.522. The molecule has 110 valence electrons. The molecule has 1 unspecified atom stereocenters. The van der Waals surface area contributed by atoms with Crippen molar-refractivity contribution < 1.29 is 19.6 Å². The quantitative estimate of drug-likeness (QED) is 0.309. The van der Waals surface area contributed by atoms with Crippen molar-refractivity contribution in [2.75, 3.05) is 59.7 Å². The van der Waals surface area contributed by atoms with Crippen LogP contribution in [-0.4, -0.2) is 90.3 Å². The van der Waals surface area contributed by atoms with Gasteiger partial charge in [-0.3, -0.25) is 0 Å². The lowest BCUT2D eigenvalue weighted by atomic mass is 10.4. The van der Waals surface area contributed by atoms with E-state index in [0.29, 0.717) is 26.4 Å². The van der Waals surface area contributed by atoms with Crippen molar-refractivity contribution in [1.82, 2.24) is 14.6 Å². The van der Waals surface area contributed by atoms with Crippen LogP contribution in [-0.2, 0) is 9.47 Å². The maximum atomic E-state index is 9.80. The Balaban J connectivity index is 2.10. The molecule has 1 atom stereocenters. The summed E-state index contributed by atoms with van der Waals surface area (Å²) in [6.07, 6.45) is 0. The predicted octanol–water partition coefficient (Wildman–Crippen LogP) is -0.453. The zero-order valence-corrected chi connectivity index (χ0v) is 12.0. The third-order valence-electron chi connectivity index (χ3n) is 3.03. The number of guanidine groups is 1. The molecular formula is C10H21N4O4P. The second-order valence-corrected chi connectivity index (χ2v) is 5.67. The van der Waals surface area contributed by atoms with E-state index >= 15 is 0 Å². The number of hydrogen-bond donors (Lipinski definition) is 2. The average molecular weight is 292 g/mol. The molecule has 0 aromatic heterocycles. The van der Waals surface area contributed by atoms with Gasteiger partial charge >= 0.3 is 0 Å². The van der Waals surface area contributed by atoms with Crippen LogP contribution in [0.4, 0.5) is 0 Å². The van der Waals surface area contributed by atoms with E-state index in [-0.39, 0.29) is 0 Å². The fourth-order valence-corrected chi connectivity index (χ4v) is 2.54. The topological polar surface area (TPSA) is 81.0 Å². The number of ether oxygens (including phenoxy) is 2. The highest BCUT2D eigenvalue weighted by molar-refractivity contribution is 7.47.